The lowest BCUT2D eigenvalue weighted by atomic mass is 9.86. The monoisotopic (exact) mass is 561 g/mol. The Morgan fingerprint density at radius 3 is 2.45 bits per heavy atom. The molecule has 40 heavy (non-hydrogen) atoms. The number of carboxylic acids is 1. The van der Waals surface area contributed by atoms with Crippen molar-refractivity contribution in [1.82, 2.24) is 14.8 Å². The summed E-state index contributed by atoms with van der Waals surface area (Å²) < 4.78 is 52.3. The van der Waals surface area contributed by atoms with Crippen molar-refractivity contribution < 1.29 is 27.5 Å². The SMILES string of the molecule is O=C(O)[C@@H](CC1CC1)N1C[C@H](CN2CCC(CCCc3ccc(C(F)(F)F)nc3)CC2)[C@@H](c2cccc(F)c2)C1. The van der Waals surface area contributed by atoms with Crippen LogP contribution in [-0.2, 0) is 17.4 Å². The van der Waals surface area contributed by atoms with Gasteiger partial charge in [0, 0.05) is 31.7 Å². The number of aliphatic carboxylic acids is 1. The third-order valence-corrected chi connectivity index (χ3v) is 9.12. The van der Waals surface area contributed by atoms with E-state index in [1.165, 1.54) is 18.3 Å². The van der Waals surface area contributed by atoms with Gasteiger partial charge in [-0.05, 0) is 92.3 Å². The van der Waals surface area contributed by atoms with Crippen LogP contribution in [0.1, 0.15) is 67.7 Å². The van der Waals surface area contributed by atoms with Gasteiger partial charge < -0.3 is 10.0 Å². The van der Waals surface area contributed by atoms with E-state index in [0.717, 1.165) is 81.8 Å². The summed E-state index contributed by atoms with van der Waals surface area (Å²) in [4.78, 5) is 20.3. The number of hydrogen-bond donors (Lipinski definition) is 1. The molecular weight excluding hydrogens is 522 g/mol. The molecule has 0 amide bonds. The van der Waals surface area contributed by atoms with Gasteiger partial charge in [0.05, 0.1) is 0 Å². The van der Waals surface area contributed by atoms with Crippen LogP contribution in [0, 0.1) is 23.6 Å². The molecule has 1 saturated carbocycles. The van der Waals surface area contributed by atoms with E-state index in [4.69, 9.17) is 0 Å². The van der Waals surface area contributed by atoms with Crippen molar-refractivity contribution >= 4 is 5.97 Å². The summed E-state index contributed by atoms with van der Waals surface area (Å²) in [7, 11) is 0. The number of hydrogen-bond acceptors (Lipinski definition) is 4. The third kappa shape index (κ3) is 7.60. The number of carbonyl (C=O) groups is 1. The molecule has 5 nitrogen and oxygen atoms in total. The summed E-state index contributed by atoms with van der Waals surface area (Å²) in [6, 6.07) is 8.89. The minimum atomic E-state index is -4.41. The highest BCUT2D eigenvalue weighted by Crippen LogP contribution is 2.40. The highest BCUT2D eigenvalue weighted by Gasteiger charge is 2.42. The van der Waals surface area contributed by atoms with E-state index in [9.17, 15) is 27.5 Å². The molecule has 0 radical (unpaired) electrons. The summed E-state index contributed by atoms with van der Waals surface area (Å²) in [6.07, 6.45) is 4.71. The predicted octanol–water partition coefficient (Wildman–Crippen LogP) is 6.24. The van der Waals surface area contributed by atoms with Crippen molar-refractivity contribution in [2.45, 2.75) is 69.5 Å². The minimum Gasteiger partial charge on any atom is -0.480 e. The normalized spacial score (nSPS) is 23.9. The Morgan fingerprint density at radius 1 is 1.05 bits per heavy atom. The first kappa shape index (κ1) is 29.0. The van der Waals surface area contributed by atoms with Gasteiger partial charge >= 0.3 is 12.1 Å². The van der Waals surface area contributed by atoms with Crippen LogP contribution in [0.25, 0.3) is 0 Å². The number of carboxylic acid groups (broad SMARTS) is 1. The van der Waals surface area contributed by atoms with Crippen molar-refractivity contribution in [3.63, 3.8) is 0 Å². The van der Waals surface area contributed by atoms with Crippen molar-refractivity contribution in [2.75, 3.05) is 32.7 Å². The fourth-order valence-electron chi connectivity index (χ4n) is 6.66. The Kier molecular flexibility index (Phi) is 9.10. The van der Waals surface area contributed by atoms with Gasteiger partial charge in [0.1, 0.15) is 17.6 Å². The van der Waals surface area contributed by atoms with Crippen LogP contribution >= 0.6 is 0 Å². The van der Waals surface area contributed by atoms with E-state index in [2.05, 4.69) is 14.8 Å². The fourth-order valence-corrected chi connectivity index (χ4v) is 6.66. The average Bonchev–Trinajstić information content (AvgIpc) is 3.65. The maximum atomic E-state index is 14.1. The van der Waals surface area contributed by atoms with E-state index in [-0.39, 0.29) is 17.7 Å². The topological polar surface area (TPSA) is 56.7 Å². The number of rotatable bonds is 11. The summed E-state index contributed by atoms with van der Waals surface area (Å²) in [5, 5.41) is 9.98. The largest absolute Gasteiger partial charge is 0.480 e. The number of halogens is 4. The highest BCUT2D eigenvalue weighted by atomic mass is 19.4. The predicted molar refractivity (Wildman–Crippen MR) is 144 cm³/mol. The molecule has 0 bridgehead atoms. The van der Waals surface area contributed by atoms with Crippen LogP contribution in [0.15, 0.2) is 42.6 Å². The van der Waals surface area contributed by atoms with Crippen LogP contribution in [-0.4, -0.2) is 64.6 Å². The molecule has 0 unspecified atom stereocenters. The van der Waals surface area contributed by atoms with E-state index >= 15 is 0 Å². The molecule has 3 aliphatic rings. The molecule has 1 N–H and O–H groups in total. The number of benzene rings is 1. The Bertz CT molecular complexity index is 1130. The number of likely N-dealkylation sites (tertiary alicyclic amines) is 2. The van der Waals surface area contributed by atoms with Crippen LogP contribution in [0.3, 0.4) is 0 Å². The van der Waals surface area contributed by atoms with E-state index < -0.39 is 23.9 Å². The van der Waals surface area contributed by atoms with Gasteiger partial charge in [-0.15, -0.1) is 0 Å². The Balaban J connectivity index is 1.13. The lowest BCUT2D eigenvalue weighted by Crippen LogP contribution is -2.41. The molecule has 2 aliphatic heterocycles. The van der Waals surface area contributed by atoms with Crippen LogP contribution in [0.4, 0.5) is 17.6 Å². The first-order chi connectivity index (χ1) is 19.2. The molecule has 3 atom stereocenters. The van der Waals surface area contributed by atoms with Gasteiger partial charge in [-0.1, -0.05) is 37.5 Å². The number of alkyl halides is 3. The lowest BCUT2D eigenvalue weighted by molar-refractivity contribution is -0.143. The Hall–Kier alpha value is -2.52. The van der Waals surface area contributed by atoms with E-state index in [1.54, 1.807) is 12.1 Å². The molecule has 1 aromatic carbocycles. The number of aryl methyl sites for hydroxylation is 1. The maximum Gasteiger partial charge on any atom is 0.433 e. The molecule has 2 saturated heterocycles. The maximum absolute atomic E-state index is 14.1. The lowest BCUT2D eigenvalue weighted by Gasteiger charge is -2.35. The van der Waals surface area contributed by atoms with Crippen molar-refractivity contribution in [1.29, 1.82) is 0 Å². The zero-order valence-corrected chi connectivity index (χ0v) is 22.8. The molecule has 9 heteroatoms. The molecule has 3 heterocycles. The first-order valence-electron chi connectivity index (χ1n) is 14.6. The third-order valence-electron chi connectivity index (χ3n) is 9.12. The second kappa shape index (κ2) is 12.6. The molecule has 5 rings (SSSR count). The van der Waals surface area contributed by atoms with Crippen LogP contribution in [0.2, 0.25) is 0 Å². The van der Waals surface area contributed by atoms with Gasteiger partial charge in [-0.25, -0.2) is 4.39 Å². The summed E-state index contributed by atoms with van der Waals surface area (Å²) in [6.45, 7) is 4.18. The second-order valence-corrected chi connectivity index (χ2v) is 12.1. The second-order valence-electron chi connectivity index (χ2n) is 12.1. The minimum absolute atomic E-state index is 0.104. The summed E-state index contributed by atoms with van der Waals surface area (Å²) >= 11 is 0. The first-order valence-corrected chi connectivity index (χ1v) is 14.6. The average molecular weight is 562 g/mol. The van der Waals surface area contributed by atoms with Crippen molar-refractivity contribution in [3.05, 3.63) is 65.2 Å². The zero-order chi connectivity index (χ0) is 28.3. The summed E-state index contributed by atoms with van der Waals surface area (Å²) in [5.74, 6) is 0.446. The highest BCUT2D eigenvalue weighted by molar-refractivity contribution is 5.73. The molecule has 1 aromatic heterocycles. The number of piperidine rings is 1. The van der Waals surface area contributed by atoms with Gasteiger partial charge in [-0.3, -0.25) is 14.7 Å². The van der Waals surface area contributed by atoms with Gasteiger partial charge in [0.25, 0.3) is 0 Å². The number of pyridine rings is 1. The van der Waals surface area contributed by atoms with Gasteiger partial charge in [0.15, 0.2) is 0 Å². The van der Waals surface area contributed by atoms with E-state index in [1.807, 2.05) is 6.07 Å². The van der Waals surface area contributed by atoms with Gasteiger partial charge in [0.2, 0.25) is 0 Å². The molecule has 1 aliphatic carbocycles. The molecule has 0 spiro atoms. The number of aromatic nitrogens is 1. The molecule has 3 fully saturated rings. The Labute approximate surface area is 233 Å². The Morgan fingerprint density at radius 2 is 1.82 bits per heavy atom. The summed E-state index contributed by atoms with van der Waals surface area (Å²) in [5.41, 5.74) is 0.937. The van der Waals surface area contributed by atoms with Crippen molar-refractivity contribution in [3.8, 4) is 0 Å². The van der Waals surface area contributed by atoms with Crippen LogP contribution in [0.5, 0.6) is 0 Å². The van der Waals surface area contributed by atoms with Crippen LogP contribution < -0.4 is 0 Å². The zero-order valence-electron chi connectivity index (χ0n) is 22.8. The van der Waals surface area contributed by atoms with E-state index in [0.29, 0.717) is 31.3 Å². The van der Waals surface area contributed by atoms with Gasteiger partial charge in [-0.2, -0.15) is 13.2 Å². The number of nitrogens with zero attached hydrogens (tertiary/aromatic N) is 3. The molecule has 218 valence electrons. The van der Waals surface area contributed by atoms with Crippen molar-refractivity contribution in [2.24, 2.45) is 17.8 Å². The fraction of sp³-hybridized carbons (Fsp3) is 0.613. The standard InChI is InChI=1S/C31H39F4N3O2/c32-26-6-2-5-24(16-26)27-20-38(28(30(39)40)15-22-7-8-22)19-25(27)18-37-13-11-21(12-14-37)3-1-4-23-9-10-29(36-17-23)31(33,34)35/h2,5-6,9-10,16-17,21-22,25,27-28H,1,3-4,7-8,11-15,18-20H2,(H,39,40)/t25-,27+,28+/m0/s1. The quantitative estimate of drug-likeness (QED) is 0.329. The smallest absolute Gasteiger partial charge is 0.433 e. The molecule has 2 aromatic rings. The molecular formula is C31H39F4N3O2.